The molecule has 1 amide bonds. The summed E-state index contributed by atoms with van der Waals surface area (Å²) in [4.78, 5) is 23.9. The highest BCUT2D eigenvalue weighted by atomic mass is 79.9. The number of nitrogens with one attached hydrogen (secondary N) is 1. The average Bonchev–Trinajstić information content (AvgIpc) is 2.46. The van der Waals surface area contributed by atoms with Crippen LogP contribution in [0, 0.1) is 0 Å². The topological polar surface area (TPSA) is 55.4 Å². The van der Waals surface area contributed by atoms with Crippen molar-refractivity contribution >= 4 is 49.2 Å². The van der Waals surface area contributed by atoms with E-state index in [1.165, 1.54) is 0 Å². The second kappa shape index (κ2) is 5.61. The second-order valence-electron chi connectivity index (χ2n) is 4.47. The molecule has 0 bridgehead atoms. The van der Waals surface area contributed by atoms with Gasteiger partial charge in [0.25, 0.3) is 5.91 Å². The molecule has 1 N–H and O–H groups in total. The molecule has 1 heterocycles. The summed E-state index contributed by atoms with van der Waals surface area (Å²) in [5, 5.41) is 2.70. The largest absolute Gasteiger partial charge is 0.482 e. The number of anilines is 1. The maximum atomic E-state index is 12.6. The fourth-order valence-corrected chi connectivity index (χ4v) is 3.05. The van der Waals surface area contributed by atoms with E-state index in [4.69, 9.17) is 4.74 Å². The first-order chi connectivity index (χ1) is 10.1. The van der Waals surface area contributed by atoms with E-state index in [1.807, 2.05) is 12.1 Å². The van der Waals surface area contributed by atoms with Gasteiger partial charge in [0, 0.05) is 20.1 Å². The molecule has 1 aliphatic rings. The number of rotatable bonds is 2. The molecule has 2 aromatic rings. The highest BCUT2D eigenvalue weighted by Gasteiger charge is 2.22. The van der Waals surface area contributed by atoms with Gasteiger partial charge in [0.15, 0.2) is 12.4 Å². The molecule has 106 valence electrons. The predicted molar refractivity (Wildman–Crippen MR) is 85.8 cm³/mol. The van der Waals surface area contributed by atoms with Gasteiger partial charge in [0.05, 0.1) is 5.69 Å². The van der Waals surface area contributed by atoms with E-state index in [-0.39, 0.29) is 18.3 Å². The van der Waals surface area contributed by atoms with Crippen molar-refractivity contribution in [2.75, 3.05) is 11.9 Å². The van der Waals surface area contributed by atoms with Crippen LogP contribution in [0.1, 0.15) is 15.9 Å². The van der Waals surface area contributed by atoms with Gasteiger partial charge in [-0.1, -0.05) is 28.1 Å². The van der Waals surface area contributed by atoms with Gasteiger partial charge in [-0.3, -0.25) is 9.59 Å². The van der Waals surface area contributed by atoms with Crippen LogP contribution in [0.4, 0.5) is 5.69 Å². The van der Waals surface area contributed by atoms with Crippen molar-refractivity contribution < 1.29 is 14.3 Å². The molecule has 0 radical (unpaired) electrons. The molecule has 0 fully saturated rings. The number of halogens is 2. The molecule has 0 unspecified atom stereocenters. The van der Waals surface area contributed by atoms with E-state index in [2.05, 4.69) is 37.2 Å². The molecule has 1 aliphatic heterocycles. The summed E-state index contributed by atoms with van der Waals surface area (Å²) in [6, 6.07) is 10.5. The first kappa shape index (κ1) is 14.3. The lowest BCUT2D eigenvalue weighted by Gasteiger charge is -2.19. The van der Waals surface area contributed by atoms with Crippen molar-refractivity contribution in [3.63, 3.8) is 0 Å². The van der Waals surface area contributed by atoms with Crippen LogP contribution in [0.5, 0.6) is 5.75 Å². The fourth-order valence-electron chi connectivity index (χ4n) is 2.06. The lowest BCUT2D eigenvalue weighted by atomic mass is 10.0. The minimum absolute atomic E-state index is 0.0444. The summed E-state index contributed by atoms with van der Waals surface area (Å²) in [6.45, 7) is -0.0444. The van der Waals surface area contributed by atoms with Crippen LogP contribution in [-0.2, 0) is 4.79 Å². The molecule has 4 nitrogen and oxygen atoms in total. The number of amides is 1. The summed E-state index contributed by atoms with van der Waals surface area (Å²) < 4.78 is 6.69. The quantitative estimate of drug-likeness (QED) is 0.766. The molecule has 6 heteroatoms. The van der Waals surface area contributed by atoms with Crippen LogP contribution < -0.4 is 10.1 Å². The minimum Gasteiger partial charge on any atom is -0.482 e. The van der Waals surface area contributed by atoms with Crippen molar-refractivity contribution in [1.82, 2.24) is 0 Å². The van der Waals surface area contributed by atoms with Crippen molar-refractivity contribution in [2.24, 2.45) is 0 Å². The van der Waals surface area contributed by atoms with Crippen molar-refractivity contribution in [3.8, 4) is 5.75 Å². The first-order valence-electron chi connectivity index (χ1n) is 6.11. The second-order valence-corrected chi connectivity index (χ2v) is 6.18. The van der Waals surface area contributed by atoms with Crippen LogP contribution in [-0.4, -0.2) is 18.3 Å². The zero-order chi connectivity index (χ0) is 15.0. The van der Waals surface area contributed by atoms with Gasteiger partial charge in [-0.25, -0.2) is 0 Å². The molecule has 0 atom stereocenters. The number of benzene rings is 2. The van der Waals surface area contributed by atoms with E-state index in [0.717, 1.165) is 4.47 Å². The third-order valence-corrected chi connectivity index (χ3v) is 4.41. The Labute approximate surface area is 137 Å². The molecule has 0 aromatic heterocycles. The zero-order valence-corrected chi connectivity index (χ0v) is 13.8. The number of fused-ring (bicyclic) bond motifs is 1. The van der Waals surface area contributed by atoms with Gasteiger partial charge in [-0.05, 0) is 40.2 Å². The summed E-state index contributed by atoms with van der Waals surface area (Å²) in [6.07, 6.45) is 0. The Balaban J connectivity index is 2.05. The first-order valence-corrected chi connectivity index (χ1v) is 7.70. The standard InChI is InChI=1S/C15H9Br2NO3/c16-10-4-2-1-3-8(10)15(20)9-5-13-12(6-11(9)17)18-14(19)7-21-13/h1-6H,7H2,(H,18,19). The molecular weight excluding hydrogens is 402 g/mol. The third kappa shape index (κ3) is 2.73. The van der Waals surface area contributed by atoms with Gasteiger partial charge in [-0.2, -0.15) is 0 Å². The van der Waals surface area contributed by atoms with Crippen LogP contribution in [0.3, 0.4) is 0 Å². The molecule has 2 aromatic carbocycles. The summed E-state index contributed by atoms with van der Waals surface area (Å²) in [5.74, 6) is 0.158. The number of hydrogen-bond donors (Lipinski definition) is 1. The molecular formula is C15H9Br2NO3. The maximum Gasteiger partial charge on any atom is 0.262 e. The molecule has 0 saturated carbocycles. The summed E-state index contributed by atoms with van der Waals surface area (Å²) >= 11 is 6.75. The number of hydrogen-bond acceptors (Lipinski definition) is 3. The van der Waals surface area contributed by atoms with Crippen molar-refractivity contribution in [1.29, 1.82) is 0 Å². The lowest BCUT2D eigenvalue weighted by Crippen LogP contribution is -2.25. The predicted octanol–water partition coefficient (Wildman–Crippen LogP) is 3.77. The van der Waals surface area contributed by atoms with Gasteiger partial charge >= 0.3 is 0 Å². The van der Waals surface area contributed by atoms with Crippen LogP contribution in [0.2, 0.25) is 0 Å². The highest BCUT2D eigenvalue weighted by Crippen LogP contribution is 2.35. The van der Waals surface area contributed by atoms with Gasteiger partial charge in [0.1, 0.15) is 5.75 Å². The van der Waals surface area contributed by atoms with Crippen molar-refractivity contribution in [2.45, 2.75) is 0 Å². The van der Waals surface area contributed by atoms with Crippen LogP contribution in [0.25, 0.3) is 0 Å². The van der Waals surface area contributed by atoms with Crippen molar-refractivity contribution in [3.05, 3.63) is 56.5 Å². The van der Waals surface area contributed by atoms with E-state index < -0.39 is 0 Å². The Morgan fingerprint density at radius 3 is 2.62 bits per heavy atom. The Bertz CT molecular complexity index is 759. The Kier molecular flexibility index (Phi) is 3.82. The Hall–Kier alpha value is -1.66. The molecule has 3 rings (SSSR count). The van der Waals surface area contributed by atoms with Crippen LogP contribution >= 0.6 is 31.9 Å². The lowest BCUT2D eigenvalue weighted by molar-refractivity contribution is -0.118. The SMILES string of the molecule is O=C1COc2cc(C(=O)c3ccccc3Br)c(Br)cc2N1. The molecule has 0 saturated heterocycles. The summed E-state index contributed by atoms with van der Waals surface area (Å²) in [5.41, 5.74) is 1.61. The molecule has 0 aliphatic carbocycles. The fraction of sp³-hybridized carbons (Fsp3) is 0.0667. The Morgan fingerprint density at radius 1 is 1.10 bits per heavy atom. The van der Waals surface area contributed by atoms with Gasteiger partial charge in [0.2, 0.25) is 0 Å². The zero-order valence-electron chi connectivity index (χ0n) is 10.7. The third-order valence-electron chi connectivity index (χ3n) is 3.07. The molecule has 21 heavy (non-hydrogen) atoms. The number of carbonyl (C=O) groups excluding carboxylic acids is 2. The van der Waals surface area contributed by atoms with Gasteiger partial charge < -0.3 is 10.1 Å². The van der Waals surface area contributed by atoms with E-state index in [1.54, 1.807) is 24.3 Å². The Morgan fingerprint density at radius 2 is 1.86 bits per heavy atom. The minimum atomic E-state index is -0.209. The number of carbonyl (C=O) groups is 2. The molecule has 0 spiro atoms. The van der Waals surface area contributed by atoms with E-state index >= 15 is 0 Å². The summed E-state index contributed by atoms with van der Waals surface area (Å²) in [7, 11) is 0. The number of ether oxygens (including phenoxy) is 1. The van der Waals surface area contributed by atoms with E-state index in [9.17, 15) is 9.59 Å². The monoisotopic (exact) mass is 409 g/mol. The average molecular weight is 411 g/mol. The van der Waals surface area contributed by atoms with Gasteiger partial charge in [-0.15, -0.1) is 0 Å². The normalized spacial score (nSPS) is 13.1. The van der Waals surface area contributed by atoms with Crippen LogP contribution in [0.15, 0.2) is 45.3 Å². The smallest absolute Gasteiger partial charge is 0.262 e. The van der Waals surface area contributed by atoms with E-state index in [0.29, 0.717) is 27.0 Å². The number of ketones is 1. The maximum absolute atomic E-state index is 12.6. The highest BCUT2D eigenvalue weighted by molar-refractivity contribution is 9.11.